The van der Waals surface area contributed by atoms with Gasteiger partial charge in [-0.2, -0.15) is 26.3 Å². The summed E-state index contributed by atoms with van der Waals surface area (Å²) in [6.07, 6.45) is 0.613. The molecule has 0 saturated carbocycles. The number of aldehydes is 1. The third-order valence-corrected chi connectivity index (χ3v) is 4.34. The lowest BCUT2D eigenvalue weighted by atomic mass is 9.92. The largest absolute Gasteiger partial charge is 0.389 e. The highest BCUT2D eigenvalue weighted by atomic mass is 32.2. The van der Waals surface area contributed by atoms with Gasteiger partial charge in [0.25, 0.3) is 0 Å². The number of carbonyl (C=O) groups is 1. The molecule has 0 fully saturated rings. The average Bonchev–Trinajstić information content (AvgIpc) is 2.56. The first kappa shape index (κ1) is 24.6. The summed E-state index contributed by atoms with van der Waals surface area (Å²) in [5.74, 6) is -11.0. The van der Waals surface area contributed by atoms with E-state index in [0.29, 0.717) is 23.0 Å². The third-order valence-electron chi connectivity index (χ3n) is 3.75. The van der Waals surface area contributed by atoms with Gasteiger partial charge in [0.1, 0.15) is 18.3 Å². The number of halogens is 6. The van der Waals surface area contributed by atoms with Gasteiger partial charge < -0.3 is 4.89 Å². The normalized spacial score (nSPS) is 13.3. The maximum atomic E-state index is 13.4. The molecule has 28 heavy (non-hydrogen) atoms. The van der Waals surface area contributed by atoms with E-state index in [1.54, 1.807) is 27.7 Å². The molecule has 0 spiro atoms. The van der Waals surface area contributed by atoms with Gasteiger partial charge >= 0.3 is 17.1 Å². The summed E-state index contributed by atoms with van der Waals surface area (Å²) < 4.78 is 82.4. The summed E-state index contributed by atoms with van der Waals surface area (Å²) >= 11 is -1.30. The van der Waals surface area contributed by atoms with Crippen LogP contribution < -0.4 is 4.89 Å². The molecule has 4 nitrogen and oxygen atoms in total. The quantitative estimate of drug-likeness (QED) is 0.105. The van der Waals surface area contributed by atoms with Crippen molar-refractivity contribution in [2.75, 3.05) is 0 Å². The fraction of sp³-hybridized carbons (Fsp3) is 0.588. The minimum Gasteiger partial charge on any atom is -0.307 e. The van der Waals surface area contributed by atoms with E-state index in [2.05, 4.69) is 9.37 Å². The zero-order valence-electron chi connectivity index (χ0n) is 15.7. The van der Waals surface area contributed by atoms with Crippen molar-refractivity contribution in [3.8, 4) is 5.75 Å². The maximum absolute atomic E-state index is 13.4. The fourth-order valence-corrected chi connectivity index (χ4v) is 2.56. The molecule has 0 radical (unpaired) electrons. The summed E-state index contributed by atoms with van der Waals surface area (Å²) in [7, 11) is 0. The first-order valence-electron chi connectivity index (χ1n) is 8.11. The van der Waals surface area contributed by atoms with Gasteiger partial charge in [-0.25, -0.2) is 0 Å². The van der Waals surface area contributed by atoms with Gasteiger partial charge in [0, 0.05) is 23.6 Å². The van der Waals surface area contributed by atoms with Crippen LogP contribution in [0.2, 0.25) is 0 Å². The molecule has 11 heteroatoms. The molecular formula is C17H20F6O4S. The molecule has 0 aromatic heterocycles. The lowest BCUT2D eigenvalue weighted by molar-refractivity contribution is -0.407. The number of hydrogen-bond acceptors (Lipinski definition) is 5. The van der Waals surface area contributed by atoms with Crippen LogP contribution in [-0.2, 0) is 9.37 Å². The highest BCUT2D eigenvalue weighted by molar-refractivity contribution is 7.95. The highest BCUT2D eigenvalue weighted by Crippen LogP contribution is 2.51. The predicted molar refractivity (Wildman–Crippen MR) is 90.9 cm³/mol. The Kier molecular flexibility index (Phi) is 7.82. The van der Waals surface area contributed by atoms with Crippen molar-refractivity contribution in [1.82, 2.24) is 0 Å². The molecule has 0 bridgehead atoms. The Labute approximate surface area is 162 Å². The molecule has 1 aromatic carbocycles. The van der Waals surface area contributed by atoms with Crippen LogP contribution in [0, 0.1) is 0 Å². The minimum absolute atomic E-state index is 0.0482. The van der Waals surface area contributed by atoms with Crippen LogP contribution in [0.25, 0.3) is 0 Å². The first-order valence-corrected chi connectivity index (χ1v) is 8.85. The number of benzene rings is 1. The van der Waals surface area contributed by atoms with Crippen molar-refractivity contribution >= 4 is 18.3 Å². The first-order chi connectivity index (χ1) is 12.7. The summed E-state index contributed by atoms with van der Waals surface area (Å²) in [6, 6.07) is 2.96. The number of carbonyl (C=O) groups excluding carboxylic acids is 1. The second kappa shape index (κ2) is 8.91. The molecule has 0 aliphatic heterocycles. The van der Waals surface area contributed by atoms with Gasteiger partial charge in [-0.05, 0) is 29.0 Å². The molecule has 0 aliphatic rings. The van der Waals surface area contributed by atoms with Crippen LogP contribution in [0.4, 0.5) is 26.3 Å². The summed E-state index contributed by atoms with van der Waals surface area (Å²) in [6.45, 7) is 6.70. The second-order valence-corrected chi connectivity index (χ2v) is 7.55. The van der Waals surface area contributed by atoms with Crippen molar-refractivity contribution in [3.05, 3.63) is 28.8 Å². The Morgan fingerprint density at radius 2 is 1.43 bits per heavy atom. The van der Waals surface area contributed by atoms with Crippen molar-refractivity contribution in [1.29, 1.82) is 0 Å². The molecule has 0 heterocycles. The summed E-state index contributed by atoms with van der Waals surface area (Å²) in [5.41, 5.74) is 1.28. The molecule has 0 amide bonds. The number of rotatable bonds is 10. The number of hydrogen-bond donors (Lipinski definition) is 0. The van der Waals surface area contributed by atoms with E-state index in [4.69, 9.17) is 4.89 Å². The van der Waals surface area contributed by atoms with E-state index in [0.717, 1.165) is 0 Å². The van der Waals surface area contributed by atoms with Gasteiger partial charge in [0.05, 0.1) is 0 Å². The summed E-state index contributed by atoms with van der Waals surface area (Å²) in [4.78, 5) is 16.0. The van der Waals surface area contributed by atoms with Crippen molar-refractivity contribution in [2.45, 2.75) is 63.6 Å². The monoisotopic (exact) mass is 434 g/mol. The van der Waals surface area contributed by atoms with Gasteiger partial charge in [0.2, 0.25) is 0 Å². The Balaban J connectivity index is 2.98. The third kappa shape index (κ3) is 5.32. The zero-order valence-corrected chi connectivity index (χ0v) is 16.5. The van der Waals surface area contributed by atoms with Crippen molar-refractivity contribution < 1.29 is 45.4 Å². The Morgan fingerprint density at radius 3 is 1.79 bits per heavy atom. The maximum Gasteiger partial charge on any atom is 0.389 e. The molecule has 0 aliphatic carbocycles. The predicted octanol–water partition coefficient (Wildman–Crippen LogP) is 6.52. The van der Waals surface area contributed by atoms with Gasteiger partial charge in [-0.15, -0.1) is 4.33 Å². The average molecular weight is 434 g/mol. The molecule has 160 valence electrons. The van der Waals surface area contributed by atoms with Crippen LogP contribution >= 0.6 is 12.0 Å². The van der Waals surface area contributed by atoms with E-state index in [1.165, 1.54) is 12.1 Å². The van der Waals surface area contributed by atoms with Gasteiger partial charge in [-0.1, -0.05) is 27.7 Å². The van der Waals surface area contributed by atoms with Crippen LogP contribution in [0.1, 0.15) is 67.9 Å². The van der Waals surface area contributed by atoms with Crippen LogP contribution in [0.5, 0.6) is 5.75 Å². The van der Waals surface area contributed by atoms with Crippen LogP contribution in [-0.4, -0.2) is 23.4 Å². The molecule has 0 unspecified atom stereocenters. The molecule has 1 aromatic rings. The van der Waals surface area contributed by atoms with Gasteiger partial charge in [-0.3, -0.25) is 4.79 Å². The second-order valence-electron chi connectivity index (χ2n) is 6.74. The smallest absolute Gasteiger partial charge is 0.307 e. The zero-order chi connectivity index (χ0) is 21.9. The lowest BCUT2D eigenvalue weighted by Gasteiger charge is -2.28. The standard InChI is InChI=1S/C17H20F6O4S/c1-9(2)12-6-11(8-24)7-13(10(3)4)14(12)25-26-27-28-17(22,23)16(20,21)15(5,18)19/h6-10H,1-5H3. The topological polar surface area (TPSA) is 44.8 Å². The van der Waals surface area contributed by atoms with E-state index in [1.807, 2.05) is 0 Å². The van der Waals surface area contributed by atoms with E-state index < -0.39 is 29.1 Å². The lowest BCUT2D eigenvalue weighted by Crippen LogP contribution is -2.50. The Bertz CT molecular complexity index is 660. The van der Waals surface area contributed by atoms with Gasteiger partial charge in [0.15, 0.2) is 5.75 Å². The van der Waals surface area contributed by atoms with Crippen molar-refractivity contribution in [3.63, 3.8) is 0 Å². The summed E-state index contributed by atoms with van der Waals surface area (Å²) in [5, 5.41) is -1.16. The SMILES string of the molecule is CC(C)c1cc(C=O)cc(C(C)C)c1OOOSC(F)(F)C(F)(F)C(C)(F)F. The molecule has 0 N–H and O–H groups in total. The molecular weight excluding hydrogens is 414 g/mol. The minimum atomic E-state index is -5.69. The molecule has 0 atom stereocenters. The number of alkyl halides is 6. The van der Waals surface area contributed by atoms with E-state index in [-0.39, 0.29) is 24.5 Å². The van der Waals surface area contributed by atoms with Crippen LogP contribution in [0.15, 0.2) is 12.1 Å². The Hall–Kier alpha value is -1.46. The van der Waals surface area contributed by atoms with E-state index in [9.17, 15) is 31.1 Å². The molecule has 1 rings (SSSR count). The Morgan fingerprint density at radius 1 is 0.964 bits per heavy atom. The van der Waals surface area contributed by atoms with Crippen LogP contribution in [0.3, 0.4) is 0 Å². The molecule has 0 saturated heterocycles. The highest BCUT2D eigenvalue weighted by Gasteiger charge is 2.70. The van der Waals surface area contributed by atoms with E-state index >= 15 is 0 Å². The fourth-order valence-electron chi connectivity index (χ4n) is 2.13. The van der Waals surface area contributed by atoms with Crippen molar-refractivity contribution in [2.24, 2.45) is 0 Å².